The normalized spacial score (nSPS) is 10.0. The van der Waals surface area contributed by atoms with Crippen molar-refractivity contribution < 1.29 is 24.2 Å². The number of phenols is 1. The Kier molecular flexibility index (Phi) is 5.08. The zero-order chi connectivity index (χ0) is 17.0. The number of benzene rings is 2. The summed E-state index contributed by atoms with van der Waals surface area (Å²) in [7, 11) is 2.72. The zero-order valence-corrected chi connectivity index (χ0v) is 13.2. The summed E-state index contributed by atoms with van der Waals surface area (Å²) < 4.78 is 9.61. The highest BCUT2D eigenvalue weighted by molar-refractivity contribution is 6.34. The molecule has 2 aromatic rings. The maximum Gasteiger partial charge on any atom is 0.337 e. The number of phenolic OH excluding ortho intramolecular Hbond substituents is 1. The molecular weight excluding hydrogens is 322 g/mol. The van der Waals surface area contributed by atoms with Crippen LogP contribution in [0.5, 0.6) is 11.5 Å². The van der Waals surface area contributed by atoms with Gasteiger partial charge < -0.3 is 19.9 Å². The van der Waals surface area contributed by atoms with Crippen LogP contribution in [0, 0.1) is 0 Å². The van der Waals surface area contributed by atoms with Crippen molar-refractivity contribution in [2.75, 3.05) is 19.5 Å². The Bertz CT molecular complexity index is 760. The molecule has 120 valence electrons. The van der Waals surface area contributed by atoms with Gasteiger partial charge in [0.1, 0.15) is 11.5 Å². The Morgan fingerprint density at radius 2 is 1.87 bits per heavy atom. The van der Waals surface area contributed by atoms with Crippen LogP contribution in [-0.4, -0.2) is 31.2 Å². The monoisotopic (exact) mass is 335 g/mol. The van der Waals surface area contributed by atoms with E-state index in [1.165, 1.54) is 50.6 Å². The van der Waals surface area contributed by atoms with Crippen molar-refractivity contribution in [3.8, 4) is 11.5 Å². The Balaban J connectivity index is 2.25. The SMILES string of the molecule is COC(=O)c1ccc(NC(=O)c2cc(OC)ccc2O)c(Cl)c1. The maximum atomic E-state index is 12.3. The molecule has 0 atom stereocenters. The predicted octanol–water partition coefficient (Wildman–Crippen LogP) is 3.09. The Hall–Kier alpha value is -2.73. The van der Waals surface area contributed by atoms with Gasteiger partial charge in [-0.2, -0.15) is 0 Å². The zero-order valence-electron chi connectivity index (χ0n) is 12.4. The van der Waals surface area contributed by atoms with Crippen LogP contribution in [-0.2, 0) is 4.74 Å². The smallest absolute Gasteiger partial charge is 0.337 e. The molecule has 0 aliphatic carbocycles. The summed E-state index contributed by atoms with van der Waals surface area (Å²) in [5.41, 5.74) is 0.601. The molecule has 0 heterocycles. The molecule has 0 saturated carbocycles. The van der Waals surface area contributed by atoms with E-state index in [1.807, 2.05) is 0 Å². The molecule has 2 rings (SSSR count). The molecule has 0 spiro atoms. The van der Waals surface area contributed by atoms with Crippen LogP contribution in [0.2, 0.25) is 5.02 Å². The maximum absolute atomic E-state index is 12.3. The summed E-state index contributed by atoms with van der Waals surface area (Å²) in [5, 5.41) is 12.5. The number of aromatic hydroxyl groups is 1. The standard InChI is InChI=1S/C16H14ClNO5/c1-22-10-4-6-14(19)11(8-10)15(20)18-13-5-3-9(7-12(13)17)16(21)23-2/h3-8,19H,1-2H3,(H,18,20). The van der Waals surface area contributed by atoms with Crippen LogP contribution >= 0.6 is 11.6 Å². The number of halogens is 1. The molecule has 23 heavy (non-hydrogen) atoms. The molecule has 0 aliphatic rings. The molecule has 0 saturated heterocycles. The quantitative estimate of drug-likeness (QED) is 0.839. The minimum atomic E-state index is -0.561. The molecule has 0 aliphatic heterocycles. The lowest BCUT2D eigenvalue weighted by atomic mass is 10.1. The molecule has 7 heteroatoms. The van der Waals surface area contributed by atoms with E-state index in [1.54, 1.807) is 0 Å². The fraction of sp³-hybridized carbons (Fsp3) is 0.125. The number of methoxy groups -OCH3 is 2. The van der Waals surface area contributed by atoms with E-state index in [-0.39, 0.29) is 21.9 Å². The molecule has 0 radical (unpaired) electrons. The number of hydrogen-bond donors (Lipinski definition) is 2. The lowest BCUT2D eigenvalue weighted by molar-refractivity contribution is 0.0600. The number of ether oxygens (including phenoxy) is 2. The molecule has 0 unspecified atom stereocenters. The second-order valence-corrected chi connectivity index (χ2v) is 4.93. The van der Waals surface area contributed by atoms with Gasteiger partial charge in [0, 0.05) is 0 Å². The molecule has 2 N–H and O–H groups in total. The van der Waals surface area contributed by atoms with E-state index < -0.39 is 11.9 Å². The van der Waals surface area contributed by atoms with Crippen LogP contribution in [0.4, 0.5) is 5.69 Å². The molecule has 0 aromatic heterocycles. The van der Waals surface area contributed by atoms with Gasteiger partial charge >= 0.3 is 5.97 Å². The van der Waals surface area contributed by atoms with Crippen molar-refractivity contribution in [2.45, 2.75) is 0 Å². The second kappa shape index (κ2) is 7.02. The van der Waals surface area contributed by atoms with Crippen molar-refractivity contribution >= 4 is 29.2 Å². The number of hydrogen-bond acceptors (Lipinski definition) is 5. The van der Waals surface area contributed by atoms with Crippen LogP contribution in [0.1, 0.15) is 20.7 Å². The van der Waals surface area contributed by atoms with Crippen LogP contribution in [0.25, 0.3) is 0 Å². The summed E-state index contributed by atoms with van der Waals surface area (Å²) in [6.07, 6.45) is 0. The average molecular weight is 336 g/mol. The number of anilines is 1. The first-order valence-electron chi connectivity index (χ1n) is 6.52. The Labute approximate surface area is 137 Å². The molecular formula is C16H14ClNO5. The number of carbonyl (C=O) groups is 2. The van der Waals surface area contributed by atoms with Gasteiger partial charge in [0.15, 0.2) is 0 Å². The van der Waals surface area contributed by atoms with Crippen LogP contribution in [0.15, 0.2) is 36.4 Å². The topological polar surface area (TPSA) is 84.9 Å². The fourth-order valence-corrected chi connectivity index (χ4v) is 2.10. The first-order chi connectivity index (χ1) is 11.0. The van der Waals surface area contributed by atoms with Gasteiger partial charge in [-0.15, -0.1) is 0 Å². The fourth-order valence-electron chi connectivity index (χ4n) is 1.87. The van der Waals surface area contributed by atoms with Crippen molar-refractivity contribution in [1.29, 1.82) is 0 Å². The van der Waals surface area contributed by atoms with Gasteiger partial charge in [-0.25, -0.2) is 4.79 Å². The minimum absolute atomic E-state index is 0.0393. The lowest BCUT2D eigenvalue weighted by Gasteiger charge is -2.10. The van der Waals surface area contributed by atoms with E-state index in [0.29, 0.717) is 11.4 Å². The third-order valence-corrected chi connectivity index (χ3v) is 3.40. The van der Waals surface area contributed by atoms with Crippen molar-refractivity contribution in [1.82, 2.24) is 0 Å². The van der Waals surface area contributed by atoms with E-state index in [0.717, 1.165) is 0 Å². The average Bonchev–Trinajstić information content (AvgIpc) is 2.56. The van der Waals surface area contributed by atoms with Gasteiger partial charge in [-0.3, -0.25) is 4.79 Å². The summed E-state index contributed by atoms with van der Waals surface area (Å²) in [6.45, 7) is 0. The lowest BCUT2D eigenvalue weighted by Crippen LogP contribution is -2.13. The van der Waals surface area contributed by atoms with Crippen LogP contribution < -0.4 is 10.1 Å². The highest BCUT2D eigenvalue weighted by Gasteiger charge is 2.15. The van der Waals surface area contributed by atoms with Gasteiger partial charge in [0.25, 0.3) is 5.91 Å². The highest BCUT2D eigenvalue weighted by Crippen LogP contribution is 2.27. The first-order valence-corrected chi connectivity index (χ1v) is 6.90. The third kappa shape index (κ3) is 3.73. The Morgan fingerprint density at radius 3 is 2.48 bits per heavy atom. The molecule has 2 aromatic carbocycles. The van der Waals surface area contributed by atoms with Gasteiger partial charge in [0.2, 0.25) is 0 Å². The molecule has 1 amide bonds. The van der Waals surface area contributed by atoms with E-state index in [2.05, 4.69) is 10.1 Å². The second-order valence-electron chi connectivity index (χ2n) is 4.52. The Morgan fingerprint density at radius 1 is 1.13 bits per heavy atom. The minimum Gasteiger partial charge on any atom is -0.507 e. The number of amides is 1. The number of nitrogens with one attached hydrogen (secondary N) is 1. The number of rotatable bonds is 4. The molecule has 0 bridgehead atoms. The van der Waals surface area contributed by atoms with E-state index in [9.17, 15) is 14.7 Å². The molecule has 6 nitrogen and oxygen atoms in total. The van der Waals surface area contributed by atoms with Crippen molar-refractivity contribution in [2.24, 2.45) is 0 Å². The van der Waals surface area contributed by atoms with Gasteiger partial charge in [0.05, 0.1) is 36.1 Å². The van der Waals surface area contributed by atoms with E-state index in [4.69, 9.17) is 16.3 Å². The summed E-state index contributed by atoms with van der Waals surface area (Å²) in [6, 6.07) is 8.62. The van der Waals surface area contributed by atoms with Crippen molar-refractivity contribution in [3.63, 3.8) is 0 Å². The largest absolute Gasteiger partial charge is 0.507 e. The van der Waals surface area contributed by atoms with E-state index >= 15 is 0 Å². The van der Waals surface area contributed by atoms with Gasteiger partial charge in [-0.05, 0) is 36.4 Å². The summed E-state index contributed by atoms with van der Waals surface area (Å²) in [5.74, 6) is -0.852. The molecule has 0 fully saturated rings. The number of carbonyl (C=O) groups excluding carboxylic acids is 2. The summed E-state index contributed by atoms with van der Waals surface area (Å²) >= 11 is 6.05. The predicted molar refractivity (Wildman–Crippen MR) is 85.4 cm³/mol. The van der Waals surface area contributed by atoms with Crippen molar-refractivity contribution in [3.05, 3.63) is 52.5 Å². The third-order valence-electron chi connectivity index (χ3n) is 3.09. The van der Waals surface area contributed by atoms with Crippen LogP contribution in [0.3, 0.4) is 0 Å². The van der Waals surface area contributed by atoms with Gasteiger partial charge in [-0.1, -0.05) is 11.6 Å². The number of esters is 1. The first kappa shape index (κ1) is 16.6. The highest BCUT2D eigenvalue weighted by atomic mass is 35.5. The summed E-state index contributed by atoms with van der Waals surface area (Å²) in [4.78, 5) is 23.7.